The van der Waals surface area contributed by atoms with E-state index >= 15 is 0 Å². The van der Waals surface area contributed by atoms with Crippen LogP contribution in [0.4, 0.5) is 0 Å². The minimum atomic E-state index is -0.0998. The van der Waals surface area contributed by atoms with Crippen LogP contribution in [0.15, 0.2) is 18.2 Å². The predicted molar refractivity (Wildman–Crippen MR) is 147 cm³/mol. The van der Waals surface area contributed by atoms with E-state index in [2.05, 4.69) is 22.8 Å². The maximum Gasteiger partial charge on any atom is 0.310 e. The molecule has 6 rings (SSSR count). The van der Waals surface area contributed by atoms with Crippen molar-refractivity contribution in [3.63, 3.8) is 0 Å². The molecule has 3 aliphatic heterocycles. The van der Waals surface area contributed by atoms with Gasteiger partial charge in [0.1, 0.15) is 6.10 Å². The second kappa shape index (κ2) is 11.2. The van der Waals surface area contributed by atoms with Gasteiger partial charge in [-0.05, 0) is 69.0 Å². The number of rotatable bonds is 10. The Hall–Kier alpha value is -1.87. The largest absolute Gasteiger partial charge is 0.493 e. The molecule has 1 spiro atoms. The van der Waals surface area contributed by atoms with Gasteiger partial charge in [-0.1, -0.05) is 19.1 Å². The van der Waals surface area contributed by atoms with Crippen molar-refractivity contribution >= 4 is 5.97 Å². The zero-order chi connectivity index (χ0) is 27.0. The predicted octanol–water partition coefficient (Wildman–Crippen LogP) is 3.76. The summed E-state index contributed by atoms with van der Waals surface area (Å²) in [4.78, 5) is 18.3. The Morgan fingerprint density at radius 3 is 2.72 bits per heavy atom. The van der Waals surface area contributed by atoms with Crippen LogP contribution in [0.3, 0.4) is 0 Å². The fraction of sp³-hybridized carbons (Fsp3) is 0.774. The van der Waals surface area contributed by atoms with Crippen LogP contribution in [0.5, 0.6) is 11.5 Å². The van der Waals surface area contributed by atoms with E-state index in [0.717, 1.165) is 82.3 Å². The second-order valence-corrected chi connectivity index (χ2v) is 12.8. The molecule has 2 aliphatic carbocycles. The molecule has 0 amide bonds. The van der Waals surface area contributed by atoms with E-state index in [-0.39, 0.29) is 34.9 Å². The molecule has 0 N–H and O–H groups in total. The molecule has 0 radical (unpaired) electrons. The molecule has 0 bridgehead atoms. The molecule has 5 fully saturated rings. The molecule has 0 unspecified atom stereocenters. The zero-order valence-electron chi connectivity index (χ0n) is 24.0. The highest BCUT2D eigenvalue weighted by molar-refractivity contribution is 5.75. The lowest BCUT2D eigenvalue weighted by atomic mass is 9.53. The van der Waals surface area contributed by atoms with Crippen LogP contribution in [0.1, 0.15) is 51.0 Å². The van der Waals surface area contributed by atoms with Crippen molar-refractivity contribution < 1.29 is 28.5 Å². The average Bonchev–Trinajstić information content (AvgIpc) is 3.64. The Morgan fingerprint density at radius 1 is 1.15 bits per heavy atom. The Kier molecular flexibility index (Phi) is 7.83. The van der Waals surface area contributed by atoms with Gasteiger partial charge in [-0.25, -0.2) is 0 Å². The van der Waals surface area contributed by atoms with Crippen molar-refractivity contribution in [3.8, 4) is 11.5 Å². The Bertz CT molecular complexity index is 1020. The highest BCUT2D eigenvalue weighted by Gasteiger charge is 2.65. The monoisotopic (exact) mass is 542 g/mol. The van der Waals surface area contributed by atoms with Gasteiger partial charge in [0.05, 0.1) is 45.6 Å². The number of fused-ring (bicyclic) bond motifs is 3. The van der Waals surface area contributed by atoms with Crippen molar-refractivity contribution in [2.45, 2.75) is 63.7 Å². The summed E-state index contributed by atoms with van der Waals surface area (Å²) in [5.74, 6) is 2.20. The van der Waals surface area contributed by atoms with Gasteiger partial charge in [-0.3, -0.25) is 14.6 Å². The minimum absolute atomic E-state index is 0.00574. The van der Waals surface area contributed by atoms with Gasteiger partial charge in [0.25, 0.3) is 0 Å². The number of carbonyl (C=O) groups is 1. The molecular weight excluding hydrogens is 496 g/mol. The van der Waals surface area contributed by atoms with E-state index in [1.54, 1.807) is 14.2 Å². The van der Waals surface area contributed by atoms with Gasteiger partial charge in [0, 0.05) is 37.7 Å². The third kappa shape index (κ3) is 5.42. The summed E-state index contributed by atoms with van der Waals surface area (Å²) in [7, 11) is 3.37. The van der Waals surface area contributed by atoms with E-state index in [1.165, 1.54) is 19.3 Å². The Morgan fingerprint density at radius 2 is 1.97 bits per heavy atom. The molecule has 8 heteroatoms. The van der Waals surface area contributed by atoms with Crippen LogP contribution in [0.2, 0.25) is 0 Å². The Balaban J connectivity index is 1.19. The van der Waals surface area contributed by atoms with Gasteiger partial charge >= 0.3 is 5.97 Å². The molecule has 216 valence electrons. The zero-order valence-corrected chi connectivity index (χ0v) is 24.0. The van der Waals surface area contributed by atoms with Gasteiger partial charge in [-0.2, -0.15) is 0 Å². The van der Waals surface area contributed by atoms with Gasteiger partial charge in [-0.15, -0.1) is 0 Å². The number of hydrogen-bond acceptors (Lipinski definition) is 8. The second-order valence-electron chi connectivity index (χ2n) is 12.8. The average molecular weight is 543 g/mol. The summed E-state index contributed by atoms with van der Waals surface area (Å²) >= 11 is 0. The van der Waals surface area contributed by atoms with Gasteiger partial charge in [0.15, 0.2) is 11.5 Å². The number of nitrogens with zero attached hydrogens (tertiary/aromatic N) is 2. The molecule has 8 nitrogen and oxygen atoms in total. The molecule has 2 saturated carbocycles. The number of epoxide rings is 1. The number of morpholine rings is 1. The molecule has 0 aromatic heterocycles. The summed E-state index contributed by atoms with van der Waals surface area (Å²) in [6.07, 6.45) is 6.73. The number of benzene rings is 1. The quantitative estimate of drug-likeness (QED) is 0.327. The van der Waals surface area contributed by atoms with E-state index in [0.29, 0.717) is 19.0 Å². The number of esters is 1. The van der Waals surface area contributed by atoms with E-state index in [1.807, 2.05) is 12.1 Å². The molecule has 3 saturated heterocycles. The summed E-state index contributed by atoms with van der Waals surface area (Å²) in [6, 6.07) is 6.06. The highest BCUT2D eigenvalue weighted by atomic mass is 16.6. The van der Waals surface area contributed by atoms with Crippen LogP contribution in [-0.2, 0) is 25.5 Å². The third-order valence-corrected chi connectivity index (χ3v) is 10.5. The molecule has 39 heavy (non-hydrogen) atoms. The standard InChI is InChI=1S/C31H46N2O6/c1-30-9-5-10-31(21-38-31)27(30)17-23-24(29(34)39-26(23)18-30)20-33(12-6-11-32-13-15-37-16-14-32)19-22-7-4-8-25(35-2)28(22)36-3/h4,7-8,23-24,26-27H,5-6,9-21H2,1-3H3/t23-,24-,26-,27-,30-,31+/m1/s1. The first-order valence-electron chi connectivity index (χ1n) is 15.0. The van der Waals surface area contributed by atoms with Gasteiger partial charge < -0.3 is 23.7 Å². The van der Waals surface area contributed by atoms with Crippen molar-refractivity contribution in [2.24, 2.45) is 23.2 Å². The molecule has 1 aromatic carbocycles. The molecule has 3 heterocycles. The first-order chi connectivity index (χ1) is 18.9. The molecule has 6 atom stereocenters. The Labute approximate surface area is 233 Å². The normalized spacial score (nSPS) is 35.9. The first kappa shape index (κ1) is 27.3. The third-order valence-electron chi connectivity index (χ3n) is 10.5. The number of para-hydroxylation sites is 1. The topological polar surface area (TPSA) is 73.0 Å². The number of ether oxygens (including phenoxy) is 5. The highest BCUT2D eigenvalue weighted by Crippen LogP contribution is 2.62. The molecule has 5 aliphatic rings. The van der Waals surface area contributed by atoms with Crippen LogP contribution >= 0.6 is 0 Å². The number of methoxy groups -OCH3 is 2. The van der Waals surface area contributed by atoms with Crippen molar-refractivity contribution in [1.29, 1.82) is 0 Å². The summed E-state index contributed by atoms with van der Waals surface area (Å²) in [6.45, 7) is 10.3. The van der Waals surface area contributed by atoms with E-state index in [9.17, 15) is 4.79 Å². The summed E-state index contributed by atoms with van der Waals surface area (Å²) in [5.41, 5.74) is 1.37. The minimum Gasteiger partial charge on any atom is -0.493 e. The molecule has 1 aromatic rings. The van der Waals surface area contributed by atoms with Gasteiger partial charge in [0.2, 0.25) is 0 Å². The van der Waals surface area contributed by atoms with Crippen LogP contribution < -0.4 is 9.47 Å². The number of hydrogen-bond donors (Lipinski definition) is 0. The number of carbonyl (C=O) groups excluding carboxylic acids is 1. The van der Waals surface area contributed by atoms with Crippen LogP contribution in [0, 0.1) is 23.2 Å². The smallest absolute Gasteiger partial charge is 0.310 e. The maximum atomic E-state index is 13.4. The fourth-order valence-corrected chi connectivity index (χ4v) is 8.34. The lowest BCUT2D eigenvalue weighted by Gasteiger charge is -2.51. The van der Waals surface area contributed by atoms with Crippen molar-refractivity contribution in [1.82, 2.24) is 9.80 Å². The van der Waals surface area contributed by atoms with Crippen LogP contribution in [-0.4, -0.2) is 94.2 Å². The summed E-state index contributed by atoms with van der Waals surface area (Å²) < 4.78 is 29.1. The van der Waals surface area contributed by atoms with Crippen molar-refractivity contribution in [2.75, 3.05) is 66.8 Å². The van der Waals surface area contributed by atoms with E-state index < -0.39 is 0 Å². The summed E-state index contributed by atoms with van der Waals surface area (Å²) in [5, 5.41) is 0. The fourth-order valence-electron chi connectivity index (χ4n) is 8.34. The lowest BCUT2D eigenvalue weighted by Crippen LogP contribution is -2.51. The molecular formula is C31H46N2O6. The van der Waals surface area contributed by atoms with Crippen LogP contribution in [0.25, 0.3) is 0 Å². The lowest BCUT2D eigenvalue weighted by molar-refractivity contribution is -0.147. The SMILES string of the molecule is COc1cccc(CN(CCCN2CCOCC2)C[C@H]2C(=O)O[C@@H]3C[C@@]4(C)CCC[C@]5(CO5)[C@@H]4C[C@@H]32)c1OC. The van der Waals surface area contributed by atoms with E-state index in [4.69, 9.17) is 23.7 Å². The maximum absolute atomic E-state index is 13.4. The first-order valence-corrected chi connectivity index (χ1v) is 15.0. The van der Waals surface area contributed by atoms with Crippen molar-refractivity contribution in [3.05, 3.63) is 23.8 Å².